The molecule has 1 aromatic heterocycles. The zero-order valence-electron chi connectivity index (χ0n) is 20.3. The third kappa shape index (κ3) is 7.29. The summed E-state index contributed by atoms with van der Waals surface area (Å²) in [5, 5.41) is 1.46. The summed E-state index contributed by atoms with van der Waals surface area (Å²) in [6.45, 7) is 0.532. The molecular weight excluding hydrogens is 551 g/mol. The molecule has 0 spiro atoms. The van der Waals surface area contributed by atoms with E-state index in [2.05, 4.69) is 15.0 Å². The van der Waals surface area contributed by atoms with Gasteiger partial charge in [0.2, 0.25) is 0 Å². The quantitative estimate of drug-likeness (QED) is 0.426. The van der Waals surface area contributed by atoms with Gasteiger partial charge in [0.25, 0.3) is 11.8 Å². The van der Waals surface area contributed by atoms with Crippen LogP contribution in [0.2, 0.25) is 5.02 Å². The van der Waals surface area contributed by atoms with E-state index in [-0.39, 0.29) is 6.54 Å². The lowest BCUT2D eigenvalue weighted by molar-refractivity contribution is -0.136. The van der Waals surface area contributed by atoms with Crippen molar-refractivity contribution in [1.29, 1.82) is 0 Å². The van der Waals surface area contributed by atoms with Crippen LogP contribution in [0.5, 0.6) is 5.75 Å². The molecule has 2 amide bonds. The lowest BCUT2D eigenvalue weighted by Crippen LogP contribution is -2.55. The number of fused-ring (bicyclic) bond motifs is 1. The van der Waals surface area contributed by atoms with E-state index in [9.17, 15) is 40.3 Å². The predicted octanol–water partition coefficient (Wildman–Crippen LogP) is 6.27. The molecule has 1 saturated heterocycles. The third-order valence-corrected chi connectivity index (χ3v) is 5.73. The molecule has 0 unspecified atom stereocenters. The number of amides is 2. The minimum Gasteiger partial charge on any atom is -0.444 e. The van der Waals surface area contributed by atoms with Crippen molar-refractivity contribution in [2.45, 2.75) is 64.0 Å². The summed E-state index contributed by atoms with van der Waals surface area (Å²) in [5.41, 5.74) is -3.80. The summed E-state index contributed by atoms with van der Waals surface area (Å²) in [5.74, 6) is -5.01. The number of nitrogens with zero attached hydrogens (tertiary/aromatic N) is 2. The standard InChI is InChI=1S/C23H23ClF7N3O4/c1-21(2,3)38-20(36)34-5-4-22(27,28)9-11(34)10-32-18(35)16-8-15(24)13-6-12(37-19(25)26)7-14(17(13)33-16)23(29,30)31/h6-8,11,19H,4-5,9-10H2,1-3H3,(H,32,35)/t11-/m1/s1. The predicted molar refractivity (Wildman–Crippen MR) is 122 cm³/mol. The zero-order valence-corrected chi connectivity index (χ0v) is 21.0. The van der Waals surface area contributed by atoms with Gasteiger partial charge in [0, 0.05) is 31.3 Å². The maximum absolute atomic E-state index is 14.1. The van der Waals surface area contributed by atoms with E-state index in [0.717, 1.165) is 17.0 Å². The van der Waals surface area contributed by atoms with Crippen LogP contribution in [0.1, 0.15) is 49.7 Å². The Morgan fingerprint density at radius 2 is 1.87 bits per heavy atom. The first-order valence-corrected chi connectivity index (χ1v) is 11.6. The Labute approximate surface area is 217 Å². The van der Waals surface area contributed by atoms with Crippen LogP contribution in [-0.2, 0) is 10.9 Å². The lowest BCUT2D eigenvalue weighted by Gasteiger charge is -2.39. The monoisotopic (exact) mass is 573 g/mol. The van der Waals surface area contributed by atoms with Crippen LogP contribution in [-0.4, -0.2) is 59.2 Å². The molecule has 210 valence electrons. The van der Waals surface area contributed by atoms with E-state index in [1.165, 1.54) is 0 Å². The average Bonchev–Trinajstić information content (AvgIpc) is 2.74. The van der Waals surface area contributed by atoms with Crippen LogP contribution in [0.15, 0.2) is 18.2 Å². The molecule has 7 nitrogen and oxygen atoms in total. The summed E-state index contributed by atoms with van der Waals surface area (Å²) < 4.78 is 104. The average molecular weight is 574 g/mol. The van der Waals surface area contributed by atoms with Crippen molar-refractivity contribution in [3.63, 3.8) is 0 Å². The molecule has 0 radical (unpaired) electrons. The molecule has 2 aromatic rings. The van der Waals surface area contributed by atoms with Crippen molar-refractivity contribution in [3.05, 3.63) is 34.5 Å². The number of alkyl halides is 7. The van der Waals surface area contributed by atoms with Gasteiger partial charge in [0.15, 0.2) is 0 Å². The summed E-state index contributed by atoms with van der Waals surface area (Å²) in [6, 6.07) is 0.819. The Morgan fingerprint density at radius 3 is 2.45 bits per heavy atom. The molecule has 1 atom stereocenters. The number of ether oxygens (including phenoxy) is 2. The number of halogens is 8. The second-order valence-corrected chi connectivity index (χ2v) is 9.99. The Bertz CT molecular complexity index is 1220. The van der Waals surface area contributed by atoms with Gasteiger partial charge in [-0.25, -0.2) is 18.6 Å². The number of pyridine rings is 1. The molecule has 0 aliphatic carbocycles. The molecule has 3 rings (SSSR count). The number of aromatic nitrogens is 1. The number of rotatable bonds is 5. The van der Waals surface area contributed by atoms with E-state index in [1.54, 1.807) is 20.8 Å². The molecule has 38 heavy (non-hydrogen) atoms. The number of likely N-dealkylation sites (tertiary alicyclic amines) is 1. The van der Waals surface area contributed by atoms with E-state index in [1.807, 2.05) is 0 Å². The number of carbonyl (C=O) groups is 2. The van der Waals surface area contributed by atoms with Crippen molar-refractivity contribution in [3.8, 4) is 5.75 Å². The molecule has 1 aromatic carbocycles. The third-order valence-electron chi connectivity index (χ3n) is 5.42. The smallest absolute Gasteiger partial charge is 0.418 e. The topological polar surface area (TPSA) is 80.8 Å². The second kappa shape index (κ2) is 10.6. The van der Waals surface area contributed by atoms with Gasteiger partial charge >= 0.3 is 18.9 Å². The maximum atomic E-state index is 14.1. The number of hydrogen-bond donors (Lipinski definition) is 1. The van der Waals surface area contributed by atoms with Gasteiger partial charge in [-0.1, -0.05) is 11.6 Å². The normalized spacial score (nSPS) is 18.0. The van der Waals surface area contributed by atoms with Gasteiger partial charge in [0.1, 0.15) is 17.0 Å². The molecule has 1 aliphatic heterocycles. The molecule has 0 bridgehead atoms. The van der Waals surface area contributed by atoms with Crippen molar-refractivity contribution in [2.75, 3.05) is 13.1 Å². The fraction of sp³-hybridized carbons (Fsp3) is 0.522. The van der Waals surface area contributed by atoms with E-state index < -0.39 is 94.7 Å². The summed E-state index contributed by atoms with van der Waals surface area (Å²) in [4.78, 5) is 30.0. The summed E-state index contributed by atoms with van der Waals surface area (Å²) >= 11 is 6.05. The Balaban J connectivity index is 1.89. The first kappa shape index (κ1) is 29.5. The van der Waals surface area contributed by atoms with E-state index in [0.29, 0.717) is 6.07 Å². The summed E-state index contributed by atoms with van der Waals surface area (Å²) in [7, 11) is 0. The highest BCUT2D eigenvalue weighted by atomic mass is 35.5. The Morgan fingerprint density at radius 1 is 1.21 bits per heavy atom. The van der Waals surface area contributed by atoms with Gasteiger partial charge in [-0.2, -0.15) is 22.0 Å². The first-order chi connectivity index (χ1) is 17.4. The van der Waals surface area contributed by atoms with Gasteiger partial charge in [-0.15, -0.1) is 0 Å². The van der Waals surface area contributed by atoms with Crippen LogP contribution in [0, 0.1) is 0 Å². The molecular formula is C23H23ClF7N3O4. The molecule has 15 heteroatoms. The Kier molecular flexibility index (Phi) is 8.25. The van der Waals surface area contributed by atoms with Crippen molar-refractivity contribution < 1.29 is 49.8 Å². The van der Waals surface area contributed by atoms with E-state index >= 15 is 0 Å². The Hall–Kier alpha value is -3.03. The maximum Gasteiger partial charge on any atom is 0.418 e. The number of carbonyl (C=O) groups excluding carboxylic acids is 2. The van der Waals surface area contributed by atoms with E-state index in [4.69, 9.17) is 16.3 Å². The SMILES string of the molecule is CC(C)(C)OC(=O)N1CCC(F)(F)C[C@@H]1CNC(=O)c1cc(Cl)c2cc(OC(F)F)cc(C(F)(F)F)c2n1. The van der Waals surface area contributed by atoms with Crippen molar-refractivity contribution >= 4 is 34.5 Å². The van der Waals surface area contributed by atoms with Crippen LogP contribution in [0.25, 0.3) is 10.9 Å². The fourth-order valence-corrected chi connectivity index (χ4v) is 4.08. The number of nitrogens with one attached hydrogen (secondary N) is 1. The van der Waals surface area contributed by atoms with Gasteiger partial charge < -0.3 is 19.7 Å². The number of hydrogen-bond acceptors (Lipinski definition) is 5. The minimum atomic E-state index is -5.08. The lowest BCUT2D eigenvalue weighted by atomic mass is 9.98. The molecule has 1 N–H and O–H groups in total. The fourth-order valence-electron chi connectivity index (χ4n) is 3.83. The van der Waals surface area contributed by atoms with Gasteiger partial charge in [-0.3, -0.25) is 4.79 Å². The molecule has 1 aliphatic rings. The number of benzene rings is 1. The highest BCUT2D eigenvalue weighted by molar-refractivity contribution is 6.35. The first-order valence-electron chi connectivity index (χ1n) is 11.2. The van der Waals surface area contributed by atoms with Crippen LogP contribution < -0.4 is 10.1 Å². The number of piperidine rings is 1. The zero-order chi connectivity index (χ0) is 28.6. The molecule has 0 saturated carbocycles. The molecule has 1 fully saturated rings. The summed E-state index contributed by atoms with van der Waals surface area (Å²) in [6.07, 6.45) is -7.34. The largest absolute Gasteiger partial charge is 0.444 e. The van der Waals surface area contributed by atoms with Crippen LogP contribution >= 0.6 is 11.6 Å². The van der Waals surface area contributed by atoms with Crippen LogP contribution in [0.3, 0.4) is 0 Å². The highest BCUT2D eigenvalue weighted by Crippen LogP contribution is 2.39. The van der Waals surface area contributed by atoms with Crippen molar-refractivity contribution in [1.82, 2.24) is 15.2 Å². The second-order valence-electron chi connectivity index (χ2n) is 9.58. The molecule has 2 heterocycles. The van der Waals surface area contributed by atoms with Gasteiger partial charge in [-0.05, 0) is 39.0 Å². The minimum absolute atomic E-state index is 0.294. The van der Waals surface area contributed by atoms with Crippen molar-refractivity contribution in [2.24, 2.45) is 0 Å². The highest BCUT2D eigenvalue weighted by Gasteiger charge is 2.43. The van der Waals surface area contributed by atoms with Gasteiger partial charge in [0.05, 0.1) is 22.1 Å². The van der Waals surface area contributed by atoms with Crippen LogP contribution in [0.4, 0.5) is 35.5 Å².